The van der Waals surface area contributed by atoms with Gasteiger partial charge in [0.25, 0.3) is 0 Å². The van der Waals surface area contributed by atoms with E-state index in [-0.39, 0.29) is 17.3 Å². The van der Waals surface area contributed by atoms with Crippen molar-refractivity contribution in [2.75, 3.05) is 11.5 Å². The maximum absolute atomic E-state index is 11.6. The van der Waals surface area contributed by atoms with Crippen LogP contribution in [-0.4, -0.2) is 25.7 Å². The van der Waals surface area contributed by atoms with Gasteiger partial charge in [-0.15, -0.1) is 11.3 Å². The molecule has 0 saturated carbocycles. The van der Waals surface area contributed by atoms with Gasteiger partial charge in [-0.3, -0.25) is 4.79 Å². The molecular weight excluding hydrogens is 268 g/mol. The van der Waals surface area contributed by atoms with Crippen molar-refractivity contribution in [2.24, 2.45) is 0 Å². The molecule has 1 aromatic heterocycles. The SMILES string of the molecule is CCS(=O)(=O)CCCC(=O)CCCc1cccs1. The zero-order chi connectivity index (χ0) is 13.4. The van der Waals surface area contributed by atoms with Crippen molar-refractivity contribution in [1.29, 1.82) is 0 Å². The summed E-state index contributed by atoms with van der Waals surface area (Å²) in [4.78, 5) is 12.9. The summed E-state index contributed by atoms with van der Waals surface area (Å²) in [5.41, 5.74) is 0. The molecule has 1 heterocycles. The molecule has 3 nitrogen and oxygen atoms in total. The van der Waals surface area contributed by atoms with Crippen LogP contribution in [0.5, 0.6) is 0 Å². The maximum Gasteiger partial charge on any atom is 0.150 e. The third-order valence-electron chi connectivity index (χ3n) is 2.81. The molecule has 0 amide bonds. The van der Waals surface area contributed by atoms with Gasteiger partial charge in [-0.1, -0.05) is 13.0 Å². The molecule has 0 aliphatic rings. The third-order valence-corrected chi connectivity index (χ3v) is 5.54. The van der Waals surface area contributed by atoms with Crippen molar-refractivity contribution in [1.82, 2.24) is 0 Å². The molecule has 0 fully saturated rings. The van der Waals surface area contributed by atoms with Gasteiger partial charge in [0, 0.05) is 23.5 Å². The highest BCUT2D eigenvalue weighted by Gasteiger charge is 2.09. The minimum Gasteiger partial charge on any atom is -0.300 e. The second kappa shape index (κ2) is 7.69. The average molecular weight is 288 g/mol. The Balaban J connectivity index is 2.11. The molecule has 0 aliphatic carbocycles. The lowest BCUT2D eigenvalue weighted by molar-refractivity contribution is -0.119. The van der Waals surface area contributed by atoms with Crippen molar-refractivity contribution >= 4 is 27.0 Å². The number of aryl methyl sites for hydroxylation is 1. The number of Topliss-reactive ketones (excluding diaryl/α,β-unsaturated/α-hetero) is 1. The highest BCUT2D eigenvalue weighted by molar-refractivity contribution is 7.91. The van der Waals surface area contributed by atoms with E-state index in [9.17, 15) is 13.2 Å². The molecule has 0 saturated heterocycles. The quantitative estimate of drug-likeness (QED) is 0.702. The summed E-state index contributed by atoms with van der Waals surface area (Å²) in [6.45, 7) is 1.64. The third kappa shape index (κ3) is 6.31. The summed E-state index contributed by atoms with van der Waals surface area (Å²) in [7, 11) is -2.92. The summed E-state index contributed by atoms with van der Waals surface area (Å²) >= 11 is 1.71. The molecule has 5 heteroatoms. The molecule has 18 heavy (non-hydrogen) atoms. The van der Waals surface area contributed by atoms with Gasteiger partial charge in [0.05, 0.1) is 5.75 Å². The van der Waals surface area contributed by atoms with E-state index in [1.54, 1.807) is 18.3 Å². The first-order chi connectivity index (χ1) is 8.53. The number of carbonyl (C=O) groups is 1. The predicted molar refractivity (Wildman–Crippen MR) is 75.8 cm³/mol. The molecule has 0 atom stereocenters. The van der Waals surface area contributed by atoms with E-state index in [2.05, 4.69) is 6.07 Å². The van der Waals surface area contributed by atoms with E-state index in [0.717, 1.165) is 12.8 Å². The van der Waals surface area contributed by atoms with Crippen molar-refractivity contribution in [3.63, 3.8) is 0 Å². The van der Waals surface area contributed by atoms with E-state index in [4.69, 9.17) is 0 Å². The van der Waals surface area contributed by atoms with Crippen LogP contribution in [0.25, 0.3) is 0 Å². The fraction of sp³-hybridized carbons (Fsp3) is 0.615. The normalized spacial score (nSPS) is 11.6. The fourth-order valence-corrected chi connectivity index (χ4v) is 3.30. The van der Waals surface area contributed by atoms with E-state index in [1.165, 1.54) is 4.88 Å². The van der Waals surface area contributed by atoms with Crippen LogP contribution in [0.1, 0.15) is 37.5 Å². The second-order valence-corrected chi connectivity index (χ2v) is 7.82. The van der Waals surface area contributed by atoms with E-state index in [1.807, 2.05) is 11.4 Å². The van der Waals surface area contributed by atoms with Crippen LogP contribution >= 0.6 is 11.3 Å². The Morgan fingerprint density at radius 1 is 1.28 bits per heavy atom. The standard InChI is InChI=1S/C13H20O3S2/c1-2-18(15,16)11-5-7-12(14)6-3-8-13-9-4-10-17-13/h4,9-10H,2-3,5-8,11H2,1H3. The summed E-state index contributed by atoms with van der Waals surface area (Å²) in [6, 6.07) is 4.08. The number of carbonyl (C=O) groups excluding carboxylic acids is 1. The number of ketones is 1. The number of thiophene rings is 1. The van der Waals surface area contributed by atoms with Gasteiger partial charge in [0.2, 0.25) is 0 Å². The van der Waals surface area contributed by atoms with E-state index in [0.29, 0.717) is 19.3 Å². The number of hydrogen-bond acceptors (Lipinski definition) is 4. The first-order valence-electron chi connectivity index (χ1n) is 6.28. The molecule has 1 aromatic rings. The lowest BCUT2D eigenvalue weighted by atomic mass is 10.1. The first kappa shape index (κ1) is 15.4. The first-order valence-corrected chi connectivity index (χ1v) is 8.98. The van der Waals surface area contributed by atoms with Crippen LogP contribution in [0.3, 0.4) is 0 Å². The summed E-state index contributed by atoms with van der Waals surface area (Å²) < 4.78 is 22.5. The van der Waals surface area contributed by atoms with E-state index >= 15 is 0 Å². The van der Waals surface area contributed by atoms with Crippen LogP contribution in [0.15, 0.2) is 17.5 Å². The molecule has 0 radical (unpaired) electrons. The van der Waals surface area contributed by atoms with Gasteiger partial charge >= 0.3 is 0 Å². The second-order valence-electron chi connectivity index (χ2n) is 4.31. The molecule has 0 aliphatic heterocycles. The molecule has 0 N–H and O–H groups in total. The lowest BCUT2D eigenvalue weighted by Gasteiger charge is -2.01. The Morgan fingerprint density at radius 3 is 2.61 bits per heavy atom. The van der Waals surface area contributed by atoms with Crippen molar-refractivity contribution in [3.8, 4) is 0 Å². The molecule has 102 valence electrons. The Bertz CT molecular complexity index is 447. The molecule has 0 bridgehead atoms. The average Bonchev–Trinajstić information content (AvgIpc) is 2.82. The Morgan fingerprint density at radius 2 is 2.00 bits per heavy atom. The zero-order valence-electron chi connectivity index (χ0n) is 10.7. The van der Waals surface area contributed by atoms with Crippen molar-refractivity contribution in [3.05, 3.63) is 22.4 Å². The monoisotopic (exact) mass is 288 g/mol. The Labute approximate surface area is 113 Å². The predicted octanol–water partition coefficient (Wildman–Crippen LogP) is 2.85. The summed E-state index contributed by atoms with van der Waals surface area (Å²) in [5, 5.41) is 2.03. The number of rotatable bonds is 9. The Kier molecular flexibility index (Phi) is 6.57. The lowest BCUT2D eigenvalue weighted by Crippen LogP contribution is -2.10. The van der Waals surface area contributed by atoms with Crippen LogP contribution in [0.2, 0.25) is 0 Å². The van der Waals surface area contributed by atoms with Gasteiger partial charge in [0.15, 0.2) is 0 Å². The van der Waals surface area contributed by atoms with Crippen molar-refractivity contribution in [2.45, 2.75) is 39.0 Å². The highest BCUT2D eigenvalue weighted by atomic mass is 32.2. The molecule has 1 rings (SSSR count). The maximum atomic E-state index is 11.6. The smallest absolute Gasteiger partial charge is 0.150 e. The summed E-state index contributed by atoms with van der Waals surface area (Å²) in [5.74, 6) is 0.484. The van der Waals surface area contributed by atoms with Gasteiger partial charge in [-0.05, 0) is 30.7 Å². The summed E-state index contributed by atoms with van der Waals surface area (Å²) in [6.07, 6.45) is 3.22. The molecular formula is C13H20O3S2. The van der Waals surface area contributed by atoms with Gasteiger partial charge in [0.1, 0.15) is 15.6 Å². The molecule has 0 unspecified atom stereocenters. The minimum atomic E-state index is -2.92. The van der Waals surface area contributed by atoms with Crippen molar-refractivity contribution < 1.29 is 13.2 Å². The highest BCUT2D eigenvalue weighted by Crippen LogP contribution is 2.12. The van der Waals surface area contributed by atoms with Gasteiger partial charge < -0.3 is 0 Å². The number of hydrogen-bond donors (Lipinski definition) is 0. The van der Waals surface area contributed by atoms with Crippen LogP contribution in [0, 0.1) is 0 Å². The Hall–Kier alpha value is -0.680. The van der Waals surface area contributed by atoms with Crippen LogP contribution in [-0.2, 0) is 21.1 Å². The zero-order valence-corrected chi connectivity index (χ0v) is 12.4. The van der Waals surface area contributed by atoms with Crippen LogP contribution < -0.4 is 0 Å². The topological polar surface area (TPSA) is 51.2 Å². The largest absolute Gasteiger partial charge is 0.300 e. The van der Waals surface area contributed by atoms with Crippen LogP contribution in [0.4, 0.5) is 0 Å². The molecule has 0 spiro atoms. The van der Waals surface area contributed by atoms with E-state index < -0.39 is 9.84 Å². The van der Waals surface area contributed by atoms with Gasteiger partial charge in [-0.2, -0.15) is 0 Å². The van der Waals surface area contributed by atoms with Gasteiger partial charge in [-0.25, -0.2) is 8.42 Å². The minimum absolute atomic E-state index is 0.139. The number of sulfone groups is 1. The molecule has 0 aromatic carbocycles. The fourth-order valence-electron chi connectivity index (χ4n) is 1.67.